The molecule has 0 aromatic rings. The Hall–Kier alpha value is -0.860. The van der Waals surface area contributed by atoms with Crippen molar-refractivity contribution < 1.29 is 9.59 Å². The third-order valence-electron chi connectivity index (χ3n) is 3.04. The van der Waals surface area contributed by atoms with Crippen LogP contribution >= 0.6 is 0 Å². The van der Waals surface area contributed by atoms with Crippen LogP contribution in [0.5, 0.6) is 0 Å². The van der Waals surface area contributed by atoms with E-state index in [1.807, 2.05) is 0 Å². The van der Waals surface area contributed by atoms with Gasteiger partial charge in [-0.1, -0.05) is 39.0 Å². The highest BCUT2D eigenvalue weighted by molar-refractivity contribution is 5.75. The zero-order valence-electron chi connectivity index (χ0n) is 12.1. The molecule has 0 rings (SSSR count). The highest BCUT2D eigenvalue weighted by atomic mass is 16.1. The smallest absolute Gasteiger partial charge is 0.219 e. The molecule has 18 heavy (non-hydrogen) atoms. The van der Waals surface area contributed by atoms with Gasteiger partial charge >= 0.3 is 0 Å². The first-order chi connectivity index (χ1) is 8.66. The van der Waals surface area contributed by atoms with Crippen LogP contribution in [-0.2, 0) is 9.59 Å². The van der Waals surface area contributed by atoms with Crippen LogP contribution in [0.1, 0.15) is 78.1 Å². The third-order valence-corrected chi connectivity index (χ3v) is 3.04. The lowest BCUT2D eigenvalue weighted by Gasteiger charge is -2.04. The molecule has 0 saturated carbocycles. The summed E-state index contributed by atoms with van der Waals surface area (Å²) in [6, 6.07) is 0. The molecule has 0 heterocycles. The Morgan fingerprint density at radius 1 is 0.833 bits per heavy atom. The maximum absolute atomic E-state index is 11.4. The predicted molar refractivity (Wildman–Crippen MR) is 75.5 cm³/mol. The van der Waals surface area contributed by atoms with Crippen molar-refractivity contribution in [3.05, 3.63) is 0 Å². The summed E-state index contributed by atoms with van der Waals surface area (Å²) in [4.78, 5) is 22.1. The van der Waals surface area contributed by atoms with E-state index < -0.39 is 0 Å². The van der Waals surface area contributed by atoms with Gasteiger partial charge in [0.25, 0.3) is 0 Å². The SMILES string of the molecule is CCCCNC(=O)CCCCCCCCC(C)=O. The Balaban J connectivity index is 3.15. The van der Waals surface area contributed by atoms with Gasteiger partial charge in [0.2, 0.25) is 5.91 Å². The number of carbonyl (C=O) groups excluding carboxylic acids is 2. The number of unbranched alkanes of at least 4 members (excludes halogenated alkanes) is 6. The Labute approximate surface area is 112 Å². The molecule has 1 N–H and O–H groups in total. The molecule has 0 unspecified atom stereocenters. The van der Waals surface area contributed by atoms with Crippen molar-refractivity contribution in [3.8, 4) is 0 Å². The zero-order valence-corrected chi connectivity index (χ0v) is 12.1. The van der Waals surface area contributed by atoms with Crippen molar-refractivity contribution in [3.63, 3.8) is 0 Å². The summed E-state index contributed by atoms with van der Waals surface area (Å²) in [7, 11) is 0. The molecule has 3 heteroatoms. The number of nitrogens with one attached hydrogen (secondary N) is 1. The number of hydrogen-bond acceptors (Lipinski definition) is 2. The normalized spacial score (nSPS) is 10.3. The van der Waals surface area contributed by atoms with E-state index in [0.29, 0.717) is 12.2 Å². The Morgan fingerprint density at radius 3 is 1.94 bits per heavy atom. The van der Waals surface area contributed by atoms with E-state index in [9.17, 15) is 9.59 Å². The van der Waals surface area contributed by atoms with Gasteiger partial charge in [-0.2, -0.15) is 0 Å². The van der Waals surface area contributed by atoms with Crippen LogP contribution in [0.2, 0.25) is 0 Å². The number of Topliss-reactive ketones (excluding diaryl/α,β-unsaturated/α-hetero) is 1. The molecule has 0 bridgehead atoms. The van der Waals surface area contributed by atoms with Gasteiger partial charge in [0, 0.05) is 19.4 Å². The standard InChI is InChI=1S/C15H29NO2/c1-3-4-13-16-15(18)12-10-8-6-5-7-9-11-14(2)17/h3-13H2,1-2H3,(H,16,18). The highest BCUT2D eigenvalue weighted by Crippen LogP contribution is 2.08. The average molecular weight is 255 g/mol. The minimum absolute atomic E-state index is 0.194. The molecule has 106 valence electrons. The van der Waals surface area contributed by atoms with E-state index in [0.717, 1.165) is 51.5 Å². The van der Waals surface area contributed by atoms with Crippen molar-refractivity contribution in [1.29, 1.82) is 0 Å². The lowest BCUT2D eigenvalue weighted by atomic mass is 10.1. The summed E-state index contributed by atoms with van der Waals surface area (Å²) < 4.78 is 0. The van der Waals surface area contributed by atoms with E-state index in [-0.39, 0.29) is 5.91 Å². The van der Waals surface area contributed by atoms with Crippen molar-refractivity contribution in [1.82, 2.24) is 5.32 Å². The molecule has 1 amide bonds. The Morgan fingerprint density at radius 2 is 1.39 bits per heavy atom. The van der Waals surface area contributed by atoms with Crippen molar-refractivity contribution in [2.24, 2.45) is 0 Å². The van der Waals surface area contributed by atoms with Gasteiger partial charge in [-0.25, -0.2) is 0 Å². The van der Waals surface area contributed by atoms with E-state index in [2.05, 4.69) is 12.2 Å². The van der Waals surface area contributed by atoms with Crippen LogP contribution in [0.15, 0.2) is 0 Å². The lowest BCUT2D eigenvalue weighted by Crippen LogP contribution is -2.23. The average Bonchev–Trinajstić information content (AvgIpc) is 2.32. The van der Waals surface area contributed by atoms with Crippen LogP contribution in [0.25, 0.3) is 0 Å². The molecule has 0 aliphatic heterocycles. The van der Waals surface area contributed by atoms with Gasteiger partial charge in [-0.3, -0.25) is 4.79 Å². The number of hydrogen-bond donors (Lipinski definition) is 1. The monoisotopic (exact) mass is 255 g/mol. The molecule has 0 aromatic carbocycles. The fourth-order valence-corrected chi connectivity index (χ4v) is 1.86. The van der Waals surface area contributed by atoms with Gasteiger partial charge in [0.15, 0.2) is 0 Å². The number of amides is 1. The maximum atomic E-state index is 11.4. The van der Waals surface area contributed by atoms with Gasteiger partial charge in [0.1, 0.15) is 5.78 Å². The first-order valence-corrected chi connectivity index (χ1v) is 7.43. The third kappa shape index (κ3) is 13.2. The zero-order chi connectivity index (χ0) is 13.6. The van der Waals surface area contributed by atoms with Crippen LogP contribution in [0.4, 0.5) is 0 Å². The number of carbonyl (C=O) groups is 2. The van der Waals surface area contributed by atoms with Crippen molar-refractivity contribution in [2.75, 3.05) is 6.54 Å². The van der Waals surface area contributed by atoms with Gasteiger partial charge in [-0.15, -0.1) is 0 Å². The molecule has 0 spiro atoms. The fourth-order valence-electron chi connectivity index (χ4n) is 1.86. The van der Waals surface area contributed by atoms with E-state index in [1.54, 1.807) is 6.92 Å². The first kappa shape index (κ1) is 17.1. The van der Waals surface area contributed by atoms with E-state index >= 15 is 0 Å². The summed E-state index contributed by atoms with van der Waals surface area (Å²) >= 11 is 0. The minimum Gasteiger partial charge on any atom is -0.356 e. The fraction of sp³-hybridized carbons (Fsp3) is 0.867. The van der Waals surface area contributed by atoms with E-state index in [1.165, 1.54) is 12.8 Å². The summed E-state index contributed by atoms with van der Waals surface area (Å²) in [5, 5.41) is 2.93. The lowest BCUT2D eigenvalue weighted by molar-refractivity contribution is -0.121. The summed E-state index contributed by atoms with van der Waals surface area (Å²) in [5.41, 5.74) is 0. The second kappa shape index (κ2) is 12.6. The van der Waals surface area contributed by atoms with E-state index in [4.69, 9.17) is 0 Å². The van der Waals surface area contributed by atoms with Gasteiger partial charge in [-0.05, 0) is 26.2 Å². The van der Waals surface area contributed by atoms with Crippen molar-refractivity contribution in [2.45, 2.75) is 78.1 Å². The van der Waals surface area contributed by atoms with Gasteiger partial charge < -0.3 is 10.1 Å². The van der Waals surface area contributed by atoms with Crippen LogP contribution in [0.3, 0.4) is 0 Å². The molecule has 0 aromatic heterocycles. The number of ketones is 1. The molecule has 0 aliphatic rings. The maximum Gasteiger partial charge on any atom is 0.219 e. The van der Waals surface area contributed by atoms with Crippen LogP contribution in [0, 0.1) is 0 Å². The summed E-state index contributed by atoms with van der Waals surface area (Å²) in [6.07, 6.45) is 10.2. The van der Waals surface area contributed by atoms with Gasteiger partial charge in [0.05, 0.1) is 0 Å². The highest BCUT2D eigenvalue weighted by Gasteiger charge is 2.00. The molecule has 0 aliphatic carbocycles. The molecule has 0 atom stereocenters. The molecule has 0 fully saturated rings. The second-order valence-electron chi connectivity index (χ2n) is 5.03. The molecule has 0 radical (unpaired) electrons. The Kier molecular flexibility index (Phi) is 12.0. The molecule has 3 nitrogen and oxygen atoms in total. The number of rotatable bonds is 12. The predicted octanol–water partition coefficient (Wildman–Crippen LogP) is 3.61. The minimum atomic E-state index is 0.194. The van der Waals surface area contributed by atoms with Crippen LogP contribution in [-0.4, -0.2) is 18.2 Å². The second-order valence-corrected chi connectivity index (χ2v) is 5.03. The molecular formula is C15H29NO2. The summed E-state index contributed by atoms with van der Waals surface area (Å²) in [5.74, 6) is 0.485. The quantitative estimate of drug-likeness (QED) is 0.541. The first-order valence-electron chi connectivity index (χ1n) is 7.43. The topological polar surface area (TPSA) is 46.2 Å². The summed E-state index contributed by atoms with van der Waals surface area (Å²) in [6.45, 7) is 4.59. The molecule has 0 saturated heterocycles. The van der Waals surface area contributed by atoms with Crippen LogP contribution < -0.4 is 5.32 Å². The molecular weight excluding hydrogens is 226 g/mol. The van der Waals surface area contributed by atoms with Crippen molar-refractivity contribution >= 4 is 11.7 Å². The Bertz CT molecular complexity index is 227. The largest absolute Gasteiger partial charge is 0.356 e.